The van der Waals surface area contributed by atoms with Crippen LogP contribution in [-0.4, -0.2) is 5.78 Å². The van der Waals surface area contributed by atoms with Gasteiger partial charge < -0.3 is 4.42 Å². The van der Waals surface area contributed by atoms with Gasteiger partial charge in [-0.25, -0.2) is 4.39 Å². The van der Waals surface area contributed by atoms with E-state index in [1.807, 2.05) is 13.8 Å². The summed E-state index contributed by atoms with van der Waals surface area (Å²) >= 11 is 0. The predicted octanol–water partition coefficient (Wildman–Crippen LogP) is 4.19. The van der Waals surface area contributed by atoms with Gasteiger partial charge in [-0.1, -0.05) is 20.3 Å². The molecule has 17 heavy (non-hydrogen) atoms. The van der Waals surface area contributed by atoms with Crippen molar-refractivity contribution in [3.63, 3.8) is 0 Å². The molecule has 0 aliphatic rings. The summed E-state index contributed by atoms with van der Waals surface area (Å²) in [5.74, 6) is -0.0562. The minimum atomic E-state index is -0.320. The fraction of sp³-hybridized carbons (Fsp3) is 0.357. The van der Waals surface area contributed by atoms with Crippen LogP contribution in [-0.2, 0) is 0 Å². The van der Waals surface area contributed by atoms with E-state index >= 15 is 0 Å². The predicted molar refractivity (Wildman–Crippen MR) is 64.6 cm³/mol. The third-order valence-corrected chi connectivity index (χ3v) is 2.89. The van der Waals surface area contributed by atoms with Gasteiger partial charge in [0.05, 0.1) is 0 Å². The van der Waals surface area contributed by atoms with Gasteiger partial charge in [0.25, 0.3) is 0 Å². The average molecular weight is 234 g/mol. The van der Waals surface area contributed by atoms with E-state index in [2.05, 4.69) is 0 Å². The zero-order valence-corrected chi connectivity index (χ0v) is 10.00. The number of benzene rings is 1. The van der Waals surface area contributed by atoms with Crippen LogP contribution in [0.25, 0.3) is 11.0 Å². The van der Waals surface area contributed by atoms with Crippen molar-refractivity contribution < 1.29 is 13.6 Å². The summed E-state index contributed by atoms with van der Waals surface area (Å²) in [4.78, 5) is 12.0. The van der Waals surface area contributed by atoms with Gasteiger partial charge in [-0.2, -0.15) is 0 Å². The molecule has 0 bridgehead atoms. The van der Waals surface area contributed by atoms with Gasteiger partial charge in [0.15, 0.2) is 5.76 Å². The highest BCUT2D eigenvalue weighted by atomic mass is 19.1. The van der Waals surface area contributed by atoms with Crippen LogP contribution < -0.4 is 0 Å². The SMILES string of the molecule is CCCC(C)C(=O)c1cc2cc(F)ccc2o1. The van der Waals surface area contributed by atoms with E-state index in [0.29, 0.717) is 16.7 Å². The first kappa shape index (κ1) is 11.8. The van der Waals surface area contributed by atoms with E-state index in [9.17, 15) is 9.18 Å². The van der Waals surface area contributed by atoms with Crippen molar-refractivity contribution in [1.82, 2.24) is 0 Å². The summed E-state index contributed by atoms with van der Waals surface area (Å²) < 4.78 is 18.4. The summed E-state index contributed by atoms with van der Waals surface area (Å²) in [6, 6.07) is 5.87. The number of rotatable bonds is 4. The van der Waals surface area contributed by atoms with Crippen LogP contribution in [0.3, 0.4) is 0 Å². The first-order valence-electron chi connectivity index (χ1n) is 5.85. The van der Waals surface area contributed by atoms with Crippen molar-refractivity contribution in [1.29, 1.82) is 0 Å². The summed E-state index contributed by atoms with van der Waals surface area (Å²) in [5.41, 5.74) is 0.554. The molecular weight excluding hydrogens is 219 g/mol. The van der Waals surface area contributed by atoms with Crippen molar-refractivity contribution >= 4 is 16.8 Å². The Morgan fingerprint density at radius 3 is 2.88 bits per heavy atom. The molecule has 3 heteroatoms. The van der Waals surface area contributed by atoms with E-state index in [1.54, 1.807) is 12.1 Å². The third-order valence-electron chi connectivity index (χ3n) is 2.89. The standard InChI is InChI=1S/C14H15FO2/c1-3-4-9(2)14(16)13-8-10-7-11(15)5-6-12(10)17-13/h5-9H,3-4H2,1-2H3. The molecule has 1 aromatic carbocycles. The Morgan fingerprint density at radius 1 is 1.41 bits per heavy atom. The van der Waals surface area contributed by atoms with Crippen molar-refractivity contribution in [3.8, 4) is 0 Å². The molecule has 0 radical (unpaired) electrons. The molecule has 0 aliphatic carbocycles. The summed E-state index contributed by atoms with van der Waals surface area (Å²) in [5, 5.41) is 0.636. The number of furan rings is 1. The Bertz CT molecular complexity index is 542. The highest BCUT2D eigenvalue weighted by Crippen LogP contribution is 2.23. The van der Waals surface area contributed by atoms with Crippen LogP contribution in [0.4, 0.5) is 4.39 Å². The summed E-state index contributed by atoms with van der Waals surface area (Å²) in [6.07, 6.45) is 1.80. The Labute approximate surface area is 99.4 Å². The quantitative estimate of drug-likeness (QED) is 0.742. The first-order chi connectivity index (χ1) is 8.11. The van der Waals surface area contributed by atoms with Crippen molar-refractivity contribution in [2.45, 2.75) is 26.7 Å². The number of halogens is 1. The normalized spacial score (nSPS) is 12.9. The maximum Gasteiger partial charge on any atom is 0.200 e. The first-order valence-corrected chi connectivity index (χ1v) is 5.85. The van der Waals surface area contributed by atoms with Crippen LogP contribution in [0.15, 0.2) is 28.7 Å². The zero-order valence-electron chi connectivity index (χ0n) is 10.00. The number of carbonyl (C=O) groups excluding carboxylic acids is 1. The second-order valence-electron chi connectivity index (χ2n) is 4.35. The molecule has 0 N–H and O–H groups in total. The molecule has 90 valence electrons. The van der Waals surface area contributed by atoms with Crippen LogP contribution in [0.2, 0.25) is 0 Å². The van der Waals surface area contributed by atoms with E-state index in [0.717, 1.165) is 12.8 Å². The lowest BCUT2D eigenvalue weighted by Gasteiger charge is -2.05. The molecule has 0 saturated heterocycles. The average Bonchev–Trinajstić information content (AvgIpc) is 2.71. The molecule has 0 aliphatic heterocycles. The fourth-order valence-electron chi connectivity index (χ4n) is 1.94. The van der Waals surface area contributed by atoms with E-state index in [-0.39, 0.29) is 17.5 Å². The van der Waals surface area contributed by atoms with Crippen LogP contribution in [0.1, 0.15) is 37.2 Å². The fourth-order valence-corrected chi connectivity index (χ4v) is 1.94. The molecule has 0 spiro atoms. The van der Waals surface area contributed by atoms with Crippen LogP contribution in [0, 0.1) is 11.7 Å². The Kier molecular flexibility index (Phi) is 3.27. The molecule has 0 fully saturated rings. The van der Waals surface area contributed by atoms with Crippen molar-refractivity contribution in [3.05, 3.63) is 35.8 Å². The molecule has 0 saturated carbocycles. The van der Waals surface area contributed by atoms with E-state index < -0.39 is 0 Å². The molecule has 1 unspecified atom stereocenters. The zero-order chi connectivity index (χ0) is 12.4. The second kappa shape index (κ2) is 4.70. The molecule has 2 nitrogen and oxygen atoms in total. The monoisotopic (exact) mass is 234 g/mol. The smallest absolute Gasteiger partial charge is 0.200 e. The highest BCUT2D eigenvalue weighted by Gasteiger charge is 2.18. The Hall–Kier alpha value is -1.64. The molecule has 0 amide bonds. The molecule has 2 aromatic rings. The number of ketones is 1. The number of fused-ring (bicyclic) bond motifs is 1. The summed E-state index contributed by atoms with van der Waals surface area (Å²) in [7, 11) is 0. The molecule has 2 rings (SSSR count). The van der Waals surface area contributed by atoms with Crippen LogP contribution in [0.5, 0.6) is 0 Å². The molecular formula is C14H15FO2. The van der Waals surface area contributed by atoms with E-state index in [4.69, 9.17) is 4.42 Å². The van der Waals surface area contributed by atoms with Gasteiger partial charge in [-0.3, -0.25) is 4.79 Å². The minimum absolute atomic E-state index is 0.0107. The van der Waals surface area contributed by atoms with Gasteiger partial charge in [0.2, 0.25) is 5.78 Å². The van der Waals surface area contributed by atoms with E-state index in [1.165, 1.54) is 12.1 Å². The Morgan fingerprint density at radius 2 is 2.18 bits per heavy atom. The number of carbonyl (C=O) groups is 1. The number of hydrogen-bond donors (Lipinski definition) is 0. The van der Waals surface area contributed by atoms with Gasteiger partial charge in [-0.05, 0) is 30.7 Å². The minimum Gasteiger partial charge on any atom is -0.453 e. The lowest BCUT2D eigenvalue weighted by Crippen LogP contribution is -2.09. The lowest BCUT2D eigenvalue weighted by atomic mass is 9.99. The third kappa shape index (κ3) is 2.38. The largest absolute Gasteiger partial charge is 0.453 e. The maximum absolute atomic E-state index is 13.0. The lowest BCUT2D eigenvalue weighted by molar-refractivity contribution is 0.0897. The molecule has 1 atom stereocenters. The topological polar surface area (TPSA) is 30.2 Å². The molecule has 1 heterocycles. The van der Waals surface area contributed by atoms with Crippen LogP contribution >= 0.6 is 0 Å². The highest BCUT2D eigenvalue weighted by molar-refractivity contribution is 5.98. The maximum atomic E-state index is 13.0. The van der Waals surface area contributed by atoms with Gasteiger partial charge in [-0.15, -0.1) is 0 Å². The number of Topliss-reactive ketones (excluding diaryl/α,β-unsaturated/α-hetero) is 1. The number of hydrogen-bond acceptors (Lipinski definition) is 2. The van der Waals surface area contributed by atoms with Gasteiger partial charge in [0.1, 0.15) is 11.4 Å². The molecule has 1 aromatic heterocycles. The van der Waals surface area contributed by atoms with Gasteiger partial charge >= 0.3 is 0 Å². The second-order valence-corrected chi connectivity index (χ2v) is 4.35. The van der Waals surface area contributed by atoms with Crippen molar-refractivity contribution in [2.24, 2.45) is 5.92 Å². The van der Waals surface area contributed by atoms with Gasteiger partial charge in [0, 0.05) is 11.3 Å². The Balaban J connectivity index is 2.33. The summed E-state index contributed by atoms with van der Waals surface area (Å²) in [6.45, 7) is 3.93. The van der Waals surface area contributed by atoms with Crippen molar-refractivity contribution in [2.75, 3.05) is 0 Å².